The summed E-state index contributed by atoms with van der Waals surface area (Å²) in [5.41, 5.74) is 1.69. The zero-order chi connectivity index (χ0) is 20.2. The topological polar surface area (TPSA) is 96.2 Å². The van der Waals surface area contributed by atoms with Crippen LogP contribution in [-0.2, 0) is 6.42 Å². The Bertz CT molecular complexity index is 1050. The summed E-state index contributed by atoms with van der Waals surface area (Å²) in [6.45, 7) is 1.52. The molecule has 0 bridgehead atoms. The second-order valence-electron chi connectivity index (χ2n) is 7.18. The minimum absolute atomic E-state index is 0.0913. The van der Waals surface area contributed by atoms with Crippen LogP contribution < -0.4 is 4.90 Å². The lowest BCUT2D eigenvalue weighted by Crippen LogP contribution is -2.34. The van der Waals surface area contributed by atoms with Crippen LogP contribution in [0.15, 0.2) is 59.0 Å². The molecule has 2 aromatic carbocycles. The van der Waals surface area contributed by atoms with Crippen molar-refractivity contribution in [1.29, 1.82) is 5.26 Å². The number of benzene rings is 2. The predicted molar refractivity (Wildman–Crippen MR) is 108 cm³/mol. The van der Waals surface area contributed by atoms with Gasteiger partial charge in [-0.25, -0.2) is 0 Å². The molecule has 7 heteroatoms. The molecule has 146 valence electrons. The fraction of sp³-hybridized carbons (Fsp3) is 0.273. The van der Waals surface area contributed by atoms with Gasteiger partial charge in [0.15, 0.2) is 0 Å². The number of anilines is 1. The van der Waals surface area contributed by atoms with E-state index in [4.69, 9.17) is 4.42 Å². The summed E-state index contributed by atoms with van der Waals surface area (Å²) in [7, 11) is 0. The Morgan fingerprint density at radius 3 is 2.52 bits per heavy atom. The summed E-state index contributed by atoms with van der Waals surface area (Å²) < 4.78 is 5.86. The molecule has 1 fully saturated rings. The van der Waals surface area contributed by atoms with Crippen LogP contribution in [0.2, 0.25) is 0 Å². The zero-order valence-corrected chi connectivity index (χ0v) is 15.8. The van der Waals surface area contributed by atoms with Crippen molar-refractivity contribution in [2.45, 2.75) is 19.3 Å². The number of nitro benzene ring substituents is 1. The average Bonchev–Trinajstić information content (AvgIpc) is 3.19. The van der Waals surface area contributed by atoms with Crippen LogP contribution in [0.25, 0.3) is 11.5 Å². The van der Waals surface area contributed by atoms with E-state index in [2.05, 4.69) is 35.3 Å². The summed E-state index contributed by atoms with van der Waals surface area (Å²) in [6.07, 6.45) is 3.01. The van der Waals surface area contributed by atoms with Gasteiger partial charge in [-0.05, 0) is 36.8 Å². The van der Waals surface area contributed by atoms with Gasteiger partial charge in [-0.3, -0.25) is 10.1 Å². The molecule has 4 rings (SSSR count). The van der Waals surface area contributed by atoms with E-state index in [1.165, 1.54) is 11.6 Å². The first kappa shape index (κ1) is 18.7. The summed E-state index contributed by atoms with van der Waals surface area (Å²) >= 11 is 0. The molecule has 2 heterocycles. The van der Waals surface area contributed by atoms with E-state index in [1.54, 1.807) is 18.2 Å². The first-order valence-electron chi connectivity index (χ1n) is 9.59. The summed E-state index contributed by atoms with van der Waals surface area (Å²) in [6, 6.07) is 18.8. The van der Waals surface area contributed by atoms with Crippen molar-refractivity contribution in [2.75, 3.05) is 18.0 Å². The van der Waals surface area contributed by atoms with Crippen LogP contribution in [0, 0.1) is 27.4 Å². The fourth-order valence-electron chi connectivity index (χ4n) is 3.82. The number of oxazole rings is 1. The van der Waals surface area contributed by atoms with Crippen LogP contribution >= 0.6 is 0 Å². The van der Waals surface area contributed by atoms with Crippen molar-refractivity contribution in [3.8, 4) is 17.5 Å². The maximum atomic E-state index is 11.3. The first-order valence-corrected chi connectivity index (χ1v) is 9.59. The SMILES string of the molecule is N#Cc1nc(-c2ccccc2[N+](=O)[O-])oc1N1CCC(Cc2ccccc2)CC1. The number of nitrogens with zero attached hydrogens (tertiary/aromatic N) is 4. The Labute approximate surface area is 168 Å². The van der Waals surface area contributed by atoms with Gasteiger partial charge in [0.05, 0.1) is 4.92 Å². The summed E-state index contributed by atoms with van der Waals surface area (Å²) in [5.74, 6) is 1.09. The fourth-order valence-corrected chi connectivity index (χ4v) is 3.82. The van der Waals surface area contributed by atoms with Crippen molar-refractivity contribution < 1.29 is 9.34 Å². The minimum Gasteiger partial charge on any atom is -0.419 e. The van der Waals surface area contributed by atoms with E-state index >= 15 is 0 Å². The highest BCUT2D eigenvalue weighted by Gasteiger charge is 2.27. The van der Waals surface area contributed by atoms with Gasteiger partial charge in [0.2, 0.25) is 17.5 Å². The summed E-state index contributed by atoms with van der Waals surface area (Å²) in [4.78, 5) is 17.1. The van der Waals surface area contributed by atoms with Gasteiger partial charge < -0.3 is 9.32 Å². The van der Waals surface area contributed by atoms with Crippen molar-refractivity contribution in [2.24, 2.45) is 5.92 Å². The van der Waals surface area contributed by atoms with E-state index in [0.29, 0.717) is 11.8 Å². The largest absolute Gasteiger partial charge is 0.419 e. The second-order valence-corrected chi connectivity index (χ2v) is 7.18. The lowest BCUT2D eigenvalue weighted by Gasteiger charge is -2.31. The van der Waals surface area contributed by atoms with Crippen LogP contribution in [-0.4, -0.2) is 23.0 Å². The van der Waals surface area contributed by atoms with Gasteiger partial charge in [0, 0.05) is 19.2 Å². The molecular formula is C22H20N4O3. The highest BCUT2D eigenvalue weighted by Crippen LogP contribution is 2.35. The van der Waals surface area contributed by atoms with Gasteiger partial charge >= 0.3 is 0 Å². The van der Waals surface area contributed by atoms with E-state index in [9.17, 15) is 15.4 Å². The maximum absolute atomic E-state index is 11.3. The molecule has 1 aliphatic heterocycles. The Hall–Kier alpha value is -3.66. The molecule has 1 saturated heterocycles. The molecule has 29 heavy (non-hydrogen) atoms. The average molecular weight is 388 g/mol. The minimum atomic E-state index is -0.472. The maximum Gasteiger partial charge on any atom is 0.282 e. The molecule has 0 unspecified atom stereocenters. The normalized spacial score (nSPS) is 14.5. The molecule has 0 N–H and O–H groups in total. The molecule has 1 aliphatic rings. The third-order valence-electron chi connectivity index (χ3n) is 5.32. The number of hydrogen-bond acceptors (Lipinski definition) is 6. The first-order chi connectivity index (χ1) is 14.2. The van der Waals surface area contributed by atoms with Gasteiger partial charge in [-0.2, -0.15) is 10.2 Å². The molecule has 0 spiro atoms. The van der Waals surface area contributed by atoms with Gasteiger partial charge in [-0.15, -0.1) is 0 Å². The van der Waals surface area contributed by atoms with Crippen LogP contribution in [0.1, 0.15) is 24.1 Å². The van der Waals surface area contributed by atoms with Gasteiger partial charge in [-0.1, -0.05) is 42.5 Å². The number of aromatic nitrogens is 1. The van der Waals surface area contributed by atoms with Crippen molar-refractivity contribution in [3.05, 3.63) is 76.0 Å². The lowest BCUT2D eigenvalue weighted by molar-refractivity contribution is -0.384. The quantitative estimate of drug-likeness (QED) is 0.469. The van der Waals surface area contributed by atoms with Crippen LogP contribution in [0.3, 0.4) is 0 Å². The number of nitriles is 1. The third-order valence-corrected chi connectivity index (χ3v) is 5.32. The van der Waals surface area contributed by atoms with E-state index in [-0.39, 0.29) is 22.8 Å². The van der Waals surface area contributed by atoms with Crippen molar-refractivity contribution in [1.82, 2.24) is 4.98 Å². The smallest absolute Gasteiger partial charge is 0.282 e. The second kappa shape index (κ2) is 8.15. The van der Waals surface area contributed by atoms with Crippen molar-refractivity contribution >= 4 is 11.6 Å². The van der Waals surface area contributed by atoms with Gasteiger partial charge in [0.1, 0.15) is 11.6 Å². The standard InChI is InChI=1S/C22H20N4O3/c23-15-19-22(29-21(24-19)18-8-4-5-9-20(18)26(27)28)25-12-10-17(11-13-25)14-16-6-2-1-3-7-16/h1-9,17H,10-14H2. The Morgan fingerprint density at radius 1 is 1.14 bits per heavy atom. The highest BCUT2D eigenvalue weighted by atomic mass is 16.6. The Balaban J connectivity index is 1.52. The molecule has 3 aromatic rings. The number of rotatable bonds is 5. The van der Waals surface area contributed by atoms with Crippen LogP contribution in [0.4, 0.5) is 11.6 Å². The van der Waals surface area contributed by atoms with E-state index in [0.717, 1.165) is 32.4 Å². The number of hydrogen-bond donors (Lipinski definition) is 0. The van der Waals surface area contributed by atoms with Crippen molar-refractivity contribution in [3.63, 3.8) is 0 Å². The van der Waals surface area contributed by atoms with Crippen LogP contribution in [0.5, 0.6) is 0 Å². The molecule has 0 atom stereocenters. The monoisotopic (exact) mass is 388 g/mol. The molecular weight excluding hydrogens is 368 g/mol. The molecule has 0 aliphatic carbocycles. The predicted octanol–water partition coefficient (Wildman–Crippen LogP) is 4.58. The Morgan fingerprint density at radius 2 is 1.83 bits per heavy atom. The summed E-state index contributed by atoms with van der Waals surface area (Å²) in [5, 5.41) is 20.8. The highest BCUT2D eigenvalue weighted by molar-refractivity contribution is 5.69. The molecule has 0 saturated carbocycles. The Kier molecular flexibility index (Phi) is 5.25. The van der Waals surface area contributed by atoms with E-state index < -0.39 is 4.92 Å². The number of para-hydroxylation sites is 1. The number of piperidine rings is 1. The number of nitro groups is 1. The third kappa shape index (κ3) is 3.97. The molecule has 7 nitrogen and oxygen atoms in total. The molecule has 0 amide bonds. The molecule has 0 radical (unpaired) electrons. The zero-order valence-electron chi connectivity index (χ0n) is 15.8. The molecule has 1 aromatic heterocycles. The lowest BCUT2D eigenvalue weighted by atomic mass is 9.90. The van der Waals surface area contributed by atoms with Gasteiger partial charge in [0.25, 0.3) is 5.69 Å². The van der Waals surface area contributed by atoms with E-state index in [1.807, 2.05) is 11.0 Å².